The Labute approximate surface area is 110 Å². The Kier molecular flexibility index (Phi) is 4.95. The first-order chi connectivity index (χ1) is 8.24. The summed E-state index contributed by atoms with van der Waals surface area (Å²) in [6, 6.07) is 3.89. The third-order valence-electron chi connectivity index (χ3n) is 3.04. The van der Waals surface area contributed by atoms with Gasteiger partial charge in [-0.2, -0.15) is 0 Å². The molecule has 1 aliphatic rings. The van der Waals surface area contributed by atoms with Crippen LogP contribution < -0.4 is 0 Å². The molecule has 1 aliphatic heterocycles. The van der Waals surface area contributed by atoms with Gasteiger partial charge in [0.05, 0.1) is 12.2 Å². The fourth-order valence-electron chi connectivity index (χ4n) is 2.15. The maximum Gasteiger partial charge on any atom is 0.0620 e. The Morgan fingerprint density at radius 1 is 1.47 bits per heavy atom. The molecule has 0 saturated carbocycles. The molecule has 0 aliphatic carbocycles. The zero-order valence-electron chi connectivity index (χ0n) is 9.81. The summed E-state index contributed by atoms with van der Waals surface area (Å²) in [7, 11) is 0. The number of aliphatic hydroxyl groups excluding tert-OH is 1. The Morgan fingerprint density at radius 3 is 3.00 bits per heavy atom. The van der Waals surface area contributed by atoms with E-state index in [1.165, 1.54) is 6.42 Å². The van der Waals surface area contributed by atoms with E-state index in [-0.39, 0.29) is 12.2 Å². The molecule has 1 aromatic heterocycles. The molecule has 1 N–H and O–H groups in total. The third-order valence-corrected chi connectivity index (χ3v) is 3.51. The molecular weight excluding hydrogens is 282 g/mol. The Hall–Kier alpha value is -0.450. The highest BCUT2D eigenvalue weighted by molar-refractivity contribution is 9.10. The van der Waals surface area contributed by atoms with E-state index in [4.69, 9.17) is 4.74 Å². The van der Waals surface area contributed by atoms with Gasteiger partial charge in [-0.3, -0.25) is 4.98 Å². The zero-order valence-corrected chi connectivity index (χ0v) is 11.4. The minimum absolute atomic E-state index is 0.231. The van der Waals surface area contributed by atoms with E-state index in [0.717, 1.165) is 36.0 Å². The smallest absolute Gasteiger partial charge is 0.0620 e. The van der Waals surface area contributed by atoms with Crippen LogP contribution in [0.5, 0.6) is 0 Å². The van der Waals surface area contributed by atoms with Crippen molar-refractivity contribution in [3.8, 4) is 0 Å². The van der Waals surface area contributed by atoms with Crippen LogP contribution in [-0.2, 0) is 11.2 Å². The van der Waals surface area contributed by atoms with Gasteiger partial charge in [-0.05, 0) is 53.7 Å². The van der Waals surface area contributed by atoms with E-state index in [1.54, 1.807) is 6.20 Å². The first-order valence-corrected chi connectivity index (χ1v) is 6.93. The Bertz CT molecular complexity index is 336. The second kappa shape index (κ2) is 6.47. The molecule has 0 radical (unpaired) electrons. The maximum atomic E-state index is 9.99. The summed E-state index contributed by atoms with van der Waals surface area (Å²) in [5.41, 5.74) is 0.927. The Balaban J connectivity index is 1.79. The molecule has 0 spiro atoms. The molecule has 2 rings (SSSR count). The molecular formula is C13H18BrNO2. The van der Waals surface area contributed by atoms with Crippen LogP contribution in [-0.4, -0.2) is 28.9 Å². The number of hydrogen-bond acceptors (Lipinski definition) is 3. The number of pyridine rings is 1. The lowest BCUT2D eigenvalue weighted by atomic mass is 10.0. The van der Waals surface area contributed by atoms with Crippen LogP contribution in [0.4, 0.5) is 0 Å². The van der Waals surface area contributed by atoms with Crippen LogP contribution in [0.3, 0.4) is 0 Å². The molecule has 2 unspecified atom stereocenters. The SMILES string of the molecule is OC(Cc1ccc(Br)cn1)CC1CCCCO1. The second-order valence-electron chi connectivity index (χ2n) is 4.55. The van der Waals surface area contributed by atoms with Crippen LogP contribution in [0.2, 0.25) is 0 Å². The van der Waals surface area contributed by atoms with Gasteiger partial charge in [0, 0.05) is 29.4 Å². The third kappa shape index (κ3) is 4.37. The van der Waals surface area contributed by atoms with Crippen molar-refractivity contribution < 1.29 is 9.84 Å². The normalized spacial score (nSPS) is 22.4. The minimum atomic E-state index is -0.355. The molecule has 94 valence electrons. The van der Waals surface area contributed by atoms with Crippen molar-refractivity contribution in [1.82, 2.24) is 4.98 Å². The molecule has 3 nitrogen and oxygen atoms in total. The van der Waals surface area contributed by atoms with Crippen LogP contribution in [0.1, 0.15) is 31.4 Å². The van der Waals surface area contributed by atoms with Crippen LogP contribution in [0.25, 0.3) is 0 Å². The average molecular weight is 300 g/mol. The van der Waals surface area contributed by atoms with Gasteiger partial charge in [-0.1, -0.05) is 0 Å². The summed E-state index contributed by atoms with van der Waals surface area (Å²) in [4.78, 5) is 4.26. The van der Waals surface area contributed by atoms with E-state index in [9.17, 15) is 5.11 Å². The number of aliphatic hydroxyl groups is 1. The van der Waals surface area contributed by atoms with E-state index in [0.29, 0.717) is 6.42 Å². The van der Waals surface area contributed by atoms with Gasteiger partial charge in [0.15, 0.2) is 0 Å². The van der Waals surface area contributed by atoms with Crippen molar-refractivity contribution in [2.24, 2.45) is 0 Å². The largest absolute Gasteiger partial charge is 0.393 e. The number of halogens is 1. The number of aromatic nitrogens is 1. The van der Waals surface area contributed by atoms with Gasteiger partial charge in [-0.15, -0.1) is 0 Å². The molecule has 1 aromatic rings. The van der Waals surface area contributed by atoms with E-state index < -0.39 is 0 Å². The fourth-order valence-corrected chi connectivity index (χ4v) is 2.38. The highest BCUT2D eigenvalue weighted by atomic mass is 79.9. The summed E-state index contributed by atoms with van der Waals surface area (Å²) in [5.74, 6) is 0. The highest BCUT2D eigenvalue weighted by Crippen LogP contribution is 2.18. The zero-order chi connectivity index (χ0) is 12.1. The summed E-state index contributed by atoms with van der Waals surface area (Å²) >= 11 is 3.35. The monoisotopic (exact) mass is 299 g/mol. The van der Waals surface area contributed by atoms with E-state index in [1.807, 2.05) is 12.1 Å². The van der Waals surface area contributed by atoms with Gasteiger partial charge >= 0.3 is 0 Å². The number of hydrogen-bond donors (Lipinski definition) is 1. The van der Waals surface area contributed by atoms with E-state index in [2.05, 4.69) is 20.9 Å². The molecule has 2 heterocycles. The van der Waals surface area contributed by atoms with Crippen molar-refractivity contribution >= 4 is 15.9 Å². The van der Waals surface area contributed by atoms with Crippen molar-refractivity contribution in [2.45, 2.75) is 44.3 Å². The summed E-state index contributed by atoms with van der Waals surface area (Å²) < 4.78 is 6.58. The van der Waals surface area contributed by atoms with Gasteiger partial charge in [0.1, 0.15) is 0 Å². The molecule has 0 amide bonds. The molecule has 1 fully saturated rings. The molecule has 4 heteroatoms. The number of ether oxygens (including phenoxy) is 1. The standard InChI is InChI=1S/C13H18BrNO2/c14-10-4-5-11(15-9-10)7-12(16)8-13-3-1-2-6-17-13/h4-5,9,12-13,16H,1-3,6-8H2. The molecule has 0 aromatic carbocycles. The first kappa shape index (κ1) is 13.0. The van der Waals surface area contributed by atoms with Crippen molar-refractivity contribution in [2.75, 3.05) is 6.61 Å². The summed E-state index contributed by atoms with van der Waals surface area (Å²) in [6.07, 6.45) is 6.41. The van der Waals surface area contributed by atoms with Crippen molar-refractivity contribution in [3.63, 3.8) is 0 Å². The molecule has 2 atom stereocenters. The predicted molar refractivity (Wildman–Crippen MR) is 69.9 cm³/mol. The van der Waals surface area contributed by atoms with Crippen LogP contribution in [0, 0.1) is 0 Å². The Morgan fingerprint density at radius 2 is 2.35 bits per heavy atom. The average Bonchev–Trinajstić information content (AvgIpc) is 2.33. The predicted octanol–water partition coefficient (Wildman–Crippen LogP) is 2.71. The summed E-state index contributed by atoms with van der Waals surface area (Å²) in [6.45, 7) is 0.841. The first-order valence-electron chi connectivity index (χ1n) is 6.14. The minimum Gasteiger partial charge on any atom is -0.393 e. The quantitative estimate of drug-likeness (QED) is 0.929. The molecule has 0 bridgehead atoms. The molecule has 1 saturated heterocycles. The number of rotatable bonds is 4. The van der Waals surface area contributed by atoms with Crippen LogP contribution in [0.15, 0.2) is 22.8 Å². The lowest BCUT2D eigenvalue weighted by Gasteiger charge is -2.24. The van der Waals surface area contributed by atoms with E-state index >= 15 is 0 Å². The van der Waals surface area contributed by atoms with Gasteiger partial charge in [0.25, 0.3) is 0 Å². The van der Waals surface area contributed by atoms with Gasteiger partial charge in [0.2, 0.25) is 0 Å². The highest BCUT2D eigenvalue weighted by Gasteiger charge is 2.18. The lowest BCUT2D eigenvalue weighted by Crippen LogP contribution is -2.25. The summed E-state index contributed by atoms with van der Waals surface area (Å²) in [5, 5.41) is 9.99. The second-order valence-corrected chi connectivity index (χ2v) is 5.47. The van der Waals surface area contributed by atoms with Gasteiger partial charge < -0.3 is 9.84 Å². The van der Waals surface area contributed by atoms with Crippen LogP contribution >= 0.6 is 15.9 Å². The molecule has 17 heavy (non-hydrogen) atoms. The topological polar surface area (TPSA) is 42.4 Å². The fraction of sp³-hybridized carbons (Fsp3) is 0.615. The number of nitrogens with zero attached hydrogens (tertiary/aromatic N) is 1. The van der Waals surface area contributed by atoms with Gasteiger partial charge in [-0.25, -0.2) is 0 Å². The van der Waals surface area contributed by atoms with Crippen molar-refractivity contribution in [3.05, 3.63) is 28.5 Å². The lowest BCUT2D eigenvalue weighted by molar-refractivity contribution is -0.0149. The maximum absolute atomic E-state index is 9.99. The van der Waals surface area contributed by atoms with Crippen molar-refractivity contribution in [1.29, 1.82) is 0 Å².